The van der Waals surface area contributed by atoms with E-state index in [2.05, 4.69) is 6.92 Å². The maximum Gasteiger partial charge on any atom is 0.405 e. The monoisotopic (exact) mass is 349 g/mol. The molecule has 2 N–H and O–H groups in total. The van der Waals surface area contributed by atoms with Gasteiger partial charge in [-0.3, -0.25) is 0 Å². The summed E-state index contributed by atoms with van der Waals surface area (Å²) in [5.41, 5.74) is 5.93. The number of unbranched alkanes of at least 4 members (excludes halogenated alkanes) is 9. The summed E-state index contributed by atoms with van der Waals surface area (Å²) < 4.78 is 10.7. The number of rotatable bonds is 14. The molecule has 25 heavy (non-hydrogen) atoms. The highest BCUT2D eigenvalue weighted by Crippen LogP contribution is 2.20. The Morgan fingerprint density at radius 3 is 1.96 bits per heavy atom. The molecule has 1 unspecified atom stereocenters. The van der Waals surface area contributed by atoms with E-state index in [0.29, 0.717) is 0 Å². The van der Waals surface area contributed by atoms with Gasteiger partial charge in [-0.1, -0.05) is 76.8 Å². The fraction of sp³-hybridized carbons (Fsp3) is 0.667. The summed E-state index contributed by atoms with van der Waals surface area (Å²) in [6.07, 6.45) is 12.2. The SMILES string of the molecule is CCCCCCCCCCCCOc1ccc(C(C)OC(N)=O)cc1. The predicted molar refractivity (Wildman–Crippen MR) is 103 cm³/mol. The fourth-order valence-electron chi connectivity index (χ4n) is 2.86. The van der Waals surface area contributed by atoms with E-state index in [9.17, 15) is 4.79 Å². The van der Waals surface area contributed by atoms with Crippen LogP contribution in [0.4, 0.5) is 4.79 Å². The first kappa shape index (κ1) is 21.3. The van der Waals surface area contributed by atoms with Crippen LogP contribution in [0.25, 0.3) is 0 Å². The van der Waals surface area contributed by atoms with Crippen LogP contribution < -0.4 is 10.5 Å². The minimum absolute atomic E-state index is 0.339. The number of hydrogen-bond acceptors (Lipinski definition) is 3. The number of hydrogen-bond donors (Lipinski definition) is 1. The van der Waals surface area contributed by atoms with E-state index in [4.69, 9.17) is 15.2 Å². The molecule has 0 spiro atoms. The van der Waals surface area contributed by atoms with Crippen molar-refractivity contribution in [2.45, 2.75) is 84.2 Å². The molecule has 1 aromatic rings. The van der Waals surface area contributed by atoms with E-state index in [1.807, 2.05) is 24.3 Å². The Kier molecular flexibility index (Phi) is 11.6. The topological polar surface area (TPSA) is 61.6 Å². The molecule has 4 nitrogen and oxygen atoms in total. The van der Waals surface area contributed by atoms with E-state index in [-0.39, 0.29) is 6.10 Å². The second-order valence-corrected chi connectivity index (χ2v) is 6.68. The molecule has 0 radical (unpaired) electrons. The Hall–Kier alpha value is -1.71. The summed E-state index contributed by atoms with van der Waals surface area (Å²) in [7, 11) is 0. The fourth-order valence-corrected chi connectivity index (χ4v) is 2.86. The van der Waals surface area contributed by atoms with E-state index in [1.54, 1.807) is 6.92 Å². The van der Waals surface area contributed by atoms with E-state index in [0.717, 1.165) is 24.3 Å². The summed E-state index contributed by atoms with van der Waals surface area (Å²) >= 11 is 0. The van der Waals surface area contributed by atoms with Crippen molar-refractivity contribution in [3.8, 4) is 5.75 Å². The second kappa shape index (κ2) is 13.6. The van der Waals surface area contributed by atoms with Crippen molar-refractivity contribution in [2.75, 3.05) is 6.61 Å². The third-order valence-corrected chi connectivity index (χ3v) is 4.41. The highest BCUT2D eigenvalue weighted by atomic mass is 16.6. The zero-order valence-electron chi connectivity index (χ0n) is 16.0. The van der Waals surface area contributed by atoms with Gasteiger partial charge in [0, 0.05) is 0 Å². The van der Waals surface area contributed by atoms with Crippen LogP contribution in [0.1, 0.15) is 89.7 Å². The molecule has 0 aliphatic carbocycles. The number of primary amides is 1. The lowest BCUT2D eigenvalue weighted by molar-refractivity contribution is 0.116. The Morgan fingerprint density at radius 1 is 0.920 bits per heavy atom. The molecule has 0 saturated carbocycles. The zero-order valence-corrected chi connectivity index (χ0v) is 16.0. The highest BCUT2D eigenvalue weighted by molar-refractivity contribution is 5.65. The van der Waals surface area contributed by atoms with Crippen LogP contribution >= 0.6 is 0 Å². The van der Waals surface area contributed by atoms with Crippen LogP contribution in [0.2, 0.25) is 0 Å². The summed E-state index contributed by atoms with van der Waals surface area (Å²) in [6, 6.07) is 7.63. The standard InChI is InChI=1S/C21H35NO3/c1-3-4-5-6-7-8-9-10-11-12-17-24-20-15-13-19(14-16-20)18(2)25-21(22)23/h13-16,18H,3-12,17H2,1-2H3,(H2,22,23). The smallest absolute Gasteiger partial charge is 0.405 e. The summed E-state index contributed by atoms with van der Waals surface area (Å²) in [5.74, 6) is 0.853. The quantitative estimate of drug-likeness (QED) is 0.410. The number of carbonyl (C=O) groups excluding carboxylic acids is 1. The first-order valence-corrected chi connectivity index (χ1v) is 9.82. The number of ether oxygens (including phenoxy) is 2. The van der Waals surface area contributed by atoms with Gasteiger partial charge in [-0.15, -0.1) is 0 Å². The van der Waals surface area contributed by atoms with Gasteiger partial charge in [0.1, 0.15) is 11.9 Å². The van der Waals surface area contributed by atoms with Crippen molar-refractivity contribution in [3.05, 3.63) is 29.8 Å². The summed E-state index contributed by atoms with van der Waals surface area (Å²) in [6.45, 7) is 4.81. The number of nitrogens with two attached hydrogens (primary N) is 1. The minimum Gasteiger partial charge on any atom is -0.494 e. The van der Waals surface area contributed by atoms with Gasteiger partial charge in [0.2, 0.25) is 0 Å². The predicted octanol–water partition coefficient (Wildman–Crippen LogP) is 6.14. The van der Waals surface area contributed by atoms with Crippen LogP contribution in [0, 0.1) is 0 Å². The number of amides is 1. The van der Waals surface area contributed by atoms with Crippen LogP contribution in [0.15, 0.2) is 24.3 Å². The third kappa shape index (κ3) is 10.7. The first-order valence-electron chi connectivity index (χ1n) is 9.82. The van der Waals surface area contributed by atoms with Crippen molar-refractivity contribution in [2.24, 2.45) is 5.73 Å². The Morgan fingerprint density at radius 2 is 1.44 bits per heavy atom. The zero-order chi connectivity index (χ0) is 18.3. The molecule has 0 aromatic heterocycles. The molecule has 142 valence electrons. The Bertz CT molecular complexity index is 459. The Labute approximate surface area is 153 Å². The molecule has 0 bridgehead atoms. The third-order valence-electron chi connectivity index (χ3n) is 4.41. The van der Waals surface area contributed by atoms with Gasteiger partial charge >= 0.3 is 6.09 Å². The number of benzene rings is 1. The molecule has 1 rings (SSSR count). The normalized spacial score (nSPS) is 11.9. The van der Waals surface area contributed by atoms with Gasteiger partial charge < -0.3 is 15.2 Å². The van der Waals surface area contributed by atoms with Gasteiger partial charge in [-0.2, -0.15) is 0 Å². The van der Waals surface area contributed by atoms with Gasteiger partial charge in [-0.05, 0) is 31.0 Å². The molecule has 1 amide bonds. The average Bonchev–Trinajstić information content (AvgIpc) is 2.59. The highest BCUT2D eigenvalue weighted by Gasteiger charge is 2.08. The molecule has 0 aliphatic heterocycles. The molecule has 4 heteroatoms. The number of carbonyl (C=O) groups is 1. The summed E-state index contributed by atoms with van der Waals surface area (Å²) in [5, 5.41) is 0. The molecule has 0 aliphatic rings. The van der Waals surface area contributed by atoms with Crippen molar-refractivity contribution >= 4 is 6.09 Å². The molecule has 0 heterocycles. The van der Waals surface area contributed by atoms with Gasteiger partial charge in [0.25, 0.3) is 0 Å². The van der Waals surface area contributed by atoms with Crippen molar-refractivity contribution in [3.63, 3.8) is 0 Å². The van der Waals surface area contributed by atoms with E-state index >= 15 is 0 Å². The van der Waals surface area contributed by atoms with Crippen molar-refractivity contribution in [1.29, 1.82) is 0 Å². The minimum atomic E-state index is -0.756. The van der Waals surface area contributed by atoms with Crippen molar-refractivity contribution in [1.82, 2.24) is 0 Å². The molecular weight excluding hydrogens is 314 g/mol. The van der Waals surface area contributed by atoms with Crippen LogP contribution in [-0.2, 0) is 4.74 Å². The molecule has 0 saturated heterocycles. The first-order chi connectivity index (χ1) is 12.1. The van der Waals surface area contributed by atoms with Crippen LogP contribution in [-0.4, -0.2) is 12.7 Å². The summed E-state index contributed by atoms with van der Waals surface area (Å²) in [4.78, 5) is 10.8. The molecule has 1 aromatic carbocycles. The lowest BCUT2D eigenvalue weighted by atomic mass is 10.1. The van der Waals surface area contributed by atoms with Crippen LogP contribution in [0.5, 0.6) is 5.75 Å². The van der Waals surface area contributed by atoms with Gasteiger partial charge in [0.05, 0.1) is 6.61 Å². The lowest BCUT2D eigenvalue weighted by Gasteiger charge is -2.12. The van der Waals surface area contributed by atoms with E-state index in [1.165, 1.54) is 57.8 Å². The second-order valence-electron chi connectivity index (χ2n) is 6.68. The maximum atomic E-state index is 10.8. The van der Waals surface area contributed by atoms with E-state index < -0.39 is 6.09 Å². The van der Waals surface area contributed by atoms with Gasteiger partial charge in [-0.25, -0.2) is 4.79 Å². The maximum absolute atomic E-state index is 10.8. The van der Waals surface area contributed by atoms with Gasteiger partial charge in [0.15, 0.2) is 0 Å². The average molecular weight is 350 g/mol. The van der Waals surface area contributed by atoms with Crippen molar-refractivity contribution < 1.29 is 14.3 Å². The van der Waals surface area contributed by atoms with Crippen LogP contribution in [0.3, 0.4) is 0 Å². The Balaban J connectivity index is 2.04. The lowest BCUT2D eigenvalue weighted by Crippen LogP contribution is -2.15. The molecule has 0 fully saturated rings. The largest absolute Gasteiger partial charge is 0.494 e. The molecule has 1 atom stereocenters. The molecular formula is C21H35NO3.